The van der Waals surface area contributed by atoms with Gasteiger partial charge in [0.15, 0.2) is 46.7 Å². The van der Waals surface area contributed by atoms with E-state index in [1.165, 1.54) is 56.8 Å². The Balaban J connectivity index is 0.000000158. The molecule has 0 amide bonds. The molecule has 4 fully saturated rings. The molecule has 20 heteroatoms. The smallest absolute Gasteiger partial charge is 0.425 e. The monoisotopic (exact) mass is 902 g/mol. The normalized spacial score (nSPS) is 24.7. The molecular formula is C42H48F6N10O2S2. The van der Waals surface area contributed by atoms with Crippen molar-refractivity contribution in [3.8, 4) is 11.5 Å². The first-order valence-electron chi connectivity index (χ1n) is 21.1. The maximum Gasteiger partial charge on any atom is 0.425 e. The zero-order valence-electron chi connectivity index (χ0n) is 34.7. The van der Waals surface area contributed by atoms with Crippen molar-refractivity contribution in [2.75, 3.05) is 36.0 Å². The van der Waals surface area contributed by atoms with Crippen molar-refractivity contribution in [1.82, 2.24) is 37.9 Å². The van der Waals surface area contributed by atoms with Crippen LogP contribution in [0, 0.1) is 49.4 Å². The summed E-state index contributed by atoms with van der Waals surface area (Å²) >= 11 is 3.12. The van der Waals surface area contributed by atoms with E-state index in [1.807, 2.05) is 13.8 Å². The minimum absolute atomic E-state index is 0.101. The maximum atomic E-state index is 12.9. The largest absolute Gasteiger partial charge is 0.477 e. The van der Waals surface area contributed by atoms with Crippen LogP contribution in [0.25, 0.3) is 11.3 Å². The minimum atomic E-state index is -4.43. The van der Waals surface area contributed by atoms with Gasteiger partial charge >= 0.3 is 12.4 Å². The maximum absolute atomic E-state index is 12.9. The van der Waals surface area contributed by atoms with Crippen molar-refractivity contribution in [3.63, 3.8) is 0 Å². The molecule has 0 radical (unpaired) electrons. The van der Waals surface area contributed by atoms with Crippen molar-refractivity contribution in [2.24, 2.45) is 35.5 Å². The van der Waals surface area contributed by atoms with Crippen LogP contribution in [0.4, 0.5) is 36.3 Å². The molecule has 0 spiro atoms. The van der Waals surface area contributed by atoms with Crippen LogP contribution in [0.3, 0.4) is 0 Å². The Morgan fingerprint density at radius 2 is 1.00 bits per heavy atom. The average molecular weight is 903 g/mol. The van der Waals surface area contributed by atoms with E-state index in [0.717, 1.165) is 64.3 Å². The first kappa shape index (κ1) is 42.6. The molecule has 4 bridgehead atoms. The van der Waals surface area contributed by atoms with Gasteiger partial charge in [-0.2, -0.15) is 45.3 Å². The van der Waals surface area contributed by atoms with Crippen molar-refractivity contribution < 1.29 is 35.8 Å². The standard InChI is InChI=1S/2C21H24F3N5OS/c2*1-12-8-19(31-27-12)28-10-14-5-6-15(11-28)16(14)9-18-25-20-17(4-3-7-29(20)26-18)30-13(2)21(22,23)24/h2*3-4,7-8,13-16H,5-6,9-11H2,1-2H3/t2*13-,14-,15+,16?/m10/s1. The summed E-state index contributed by atoms with van der Waals surface area (Å²) in [5.41, 5.74) is 2.78. The molecule has 12 nitrogen and oxygen atoms in total. The molecule has 8 atom stereocenters. The van der Waals surface area contributed by atoms with E-state index in [1.54, 1.807) is 47.6 Å². The number of aryl methyl sites for hydroxylation is 2. The highest BCUT2D eigenvalue weighted by molar-refractivity contribution is 7.10. The van der Waals surface area contributed by atoms with Crippen LogP contribution >= 0.6 is 23.1 Å². The van der Waals surface area contributed by atoms with Crippen LogP contribution in [-0.2, 0) is 12.8 Å². The van der Waals surface area contributed by atoms with Crippen LogP contribution in [0.1, 0.15) is 62.6 Å². The van der Waals surface area contributed by atoms with E-state index in [0.29, 0.717) is 58.5 Å². The van der Waals surface area contributed by atoms with Crippen LogP contribution in [0.2, 0.25) is 0 Å². The third-order valence-corrected chi connectivity index (χ3v) is 14.9. The third kappa shape index (κ3) is 8.90. The molecular weight excluding hydrogens is 855 g/mol. The summed E-state index contributed by atoms with van der Waals surface area (Å²) in [4.78, 5) is 14.0. The van der Waals surface area contributed by atoms with Gasteiger partial charge in [0.2, 0.25) is 0 Å². The van der Waals surface area contributed by atoms with Crippen molar-refractivity contribution >= 4 is 44.4 Å². The highest BCUT2D eigenvalue weighted by atomic mass is 32.1. The summed E-state index contributed by atoms with van der Waals surface area (Å²) < 4.78 is 99.7. The van der Waals surface area contributed by atoms with E-state index in [4.69, 9.17) is 9.47 Å². The van der Waals surface area contributed by atoms with Gasteiger partial charge < -0.3 is 19.3 Å². The quantitative estimate of drug-likeness (QED) is 0.124. The van der Waals surface area contributed by atoms with Gasteiger partial charge in [0, 0.05) is 51.4 Å². The molecule has 0 N–H and O–H groups in total. The van der Waals surface area contributed by atoms with Crippen LogP contribution < -0.4 is 19.3 Å². The van der Waals surface area contributed by atoms with Crippen LogP contribution in [-0.4, -0.2) is 88.7 Å². The van der Waals surface area contributed by atoms with E-state index in [-0.39, 0.29) is 11.5 Å². The predicted molar refractivity (Wildman–Crippen MR) is 223 cm³/mol. The second-order valence-corrected chi connectivity index (χ2v) is 18.9. The topological polar surface area (TPSA) is 111 Å². The Labute approximate surface area is 362 Å². The van der Waals surface area contributed by atoms with Crippen molar-refractivity contribution in [1.29, 1.82) is 0 Å². The molecule has 332 valence electrons. The molecule has 2 aliphatic carbocycles. The number of piperidine rings is 2. The number of alkyl halides is 6. The van der Waals surface area contributed by atoms with Gasteiger partial charge in [-0.3, -0.25) is 0 Å². The molecule has 0 aromatic carbocycles. The summed E-state index contributed by atoms with van der Waals surface area (Å²) in [7, 11) is 0. The zero-order chi connectivity index (χ0) is 43.5. The van der Waals surface area contributed by atoms with Crippen LogP contribution in [0.5, 0.6) is 11.5 Å². The fourth-order valence-corrected chi connectivity index (χ4v) is 11.4. The number of hydrogen-bond acceptors (Lipinski definition) is 12. The Bertz CT molecular complexity index is 2300. The lowest BCUT2D eigenvalue weighted by molar-refractivity contribution is -0.189. The molecule has 6 aromatic rings. The Kier molecular flexibility index (Phi) is 11.5. The number of nitrogens with zero attached hydrogens (tertiary/aromatic N) is 10. The lowest BCUT2D eigenvalue weighted by Crippen LogP contribution is -2.42. The summed E-state index contributed by atoms with van der Waals surface area (Å²) in [5.74, 6) is 4.76. The SMILES string of the molecule is Cc1cc(N2C[C@H]3CC[C@@H](C2)C3Cc2nc3c(O[C@@H](C)C(F)(F)F)cccn3n2)sn1.Cc1cc(N2C[C@H]3CC[C@@H](C2)C3Cc2nc3c(O[C@H](C)C(F)(F)F)cccn3n2)sn1. The molecule has 2 unspecified atom stereocenters. The summed E-state index contributed by atoms with van der Waals surface area (Å²) in [6.07, 6.45) is -3.06. The minimum Gasteiger partial charge on any atom is -0.477 e. The fraction of sp³-hybridized carbons (Fsp3) is 0.571. The number of pyridine rings is 2. The van der Waals surface area contributed by atoms with E-state index in [9.17, 15) is 26.3 Å². The highest BCUT2D eigenvalue weighted by Gasteiger charge is 2.45. The van der Waals surface area contributed by atoms with Gasteiger partial charge in [0.1, 0.15) is 10.0 Å². The van der Waals surface area contributed by atoms with Gasteiger partial charge in [0.25, 0.3) is 0 Å². The second-order valence-electron chi connectivity index (χ2n) is 17.3. The van der Waals surface area contributed by atoms with Gasteiger partial charge in [-0.1, -0.05) is 0 Å². The van der Waals surface area contributed by atoms with Crippen molar-refractivity contribution in [2.45, 2.75) is 90.8 Å². The molecule has 2 saturated carbocycles. The molecule has 8 heterocycles. The van der Waals surface area contributed by atoms with Gasteiger partial charge in [-0.25, -0.2) is 19.0 Å². The summed E-state index contributed by atoms with van der Waals surface area (Å²) in [6, 6.07) is 10.6. The molecule has 10 rings (SSSR count). The molecule has 2 saturated heterocycles. The number of rotatable bonds is 10. The lowest BCUT2D eigenvalue weighted by Gasteiger charge is -2.38. The van der Waals surface area contributed by atoms with E-state index in [2.05, 4.69) is 50.8 Å². The average Bonchev–Trinajstić information content (AvgIpc) is 4.08. The Hall–Kier alpha value is -4.72. The third-order valence-electron chi connectivity index (χ3n) is 13.0. The van der Waals surface area contributed by atoms with Gasteiger partial charge in [0.05, 0.1) is 11.4 Å². The number of hydrogen-bond donors (Lipinski definition) is 0. The second kappa shape index (κ2) is 16.8. The predicted octanol–water partition coefficient (Wildman–Crippen LogP) is 9.06. The first-order valence-corrected chi connectivity index (χ1v) is 22.6. The highest BCUT2D eigenvalue weighted by Crippen LogP contribution is 2.46. The summed E-state index contributed by atoms with van der Waals surface area (Å²) in [5, 5.41) is 11.5. The molecule has 4 aliphatic rings. The first-order chi connectivity index (χ1) is 29.6. The molecule has 62 heavy (non-hydrogen) atoms. The van der Waals surface area contributed by atoms with Crippen molar-refractivity contribution in [3.05, 3.63) is 71.8 Å². The lowest BCUT2D eigenvalue weighted by atomic mass is 9.82. The van der Waals surface area contributed by atoms with Crippen LogP contribution in [0.15, 0.2) is 48.8 Å². The summed E-state index contributed by atoms with van der Waals surface area (Å²) in [6.45, 7) is 10.1. The number of ether oxygens (including phenoxy) is 2. The molecule has 2 aliphatic heterocycles. The zero-order valence-corrected chi connectivity index (χ0v) is 36.3. The van der Waals surface area contributed by atoms with Gasteiger partial charge in [-0.15, -0.1) is 0 Å². The Morgan fingerprint density at radius 3 is 1.32 bits per heavy atom. The number of halogens is 6. The van der Waals surface area contributed by atoms with E-state index < -0.39 is 24.6 Å². The van der Waals surface area contributed by atoms with Gasteiger partial charge in [-0.05, 0) is 148 Å². The fourth-order valence-electron chi connectivity index (χ4n) is 9.84. The number of fused-ring (bicyclic) bond motifs is 6. The van der Waals surface area contributed by atoms with E-state index >= 15 is 0 Å². The Morgan fingerprint density at radius 1 is 0.629 bits per heavy atom. The number of aromatic nitrogens is 8. The molecule has 6 aromatic heterocycles. The number of anilines is 2.